The van der Waals surface area contributed by atoms with Crippen molar-refractivity contribution in [1.29, 1.82) is 0 Å². The van der Waals surface area contributed by atoms with Gasteiger partial charge in [0.05, 0.1) is 16.1 Å². The van der Waals surface area contributed by atoms with Crippen molar-refractivity contribution in [3.63, 3.8) is 0 Å². The van der Waals surface area contributed by atoms with Gasteiger partial charge in [0.25, 0.3) is 10.0 Å². The van der Waals surface area contributed by atoms with E-state index in [1.165, 1.54) is 12.1 Å². The number of aromatic nitrogens is 3. The lowest BCUT2D eigenvalue weighted by Gasteiger charge is -2.24. The summed E-state index contributed by atoms with van der Waals surface area (Å²) in [7, 11) is -4.22. The molecule has 0 atom stereocenters. The minimum absolute atomic E-state index is 0.0817. The molecular formula is C26H27N4O4S-. The van der Waals surface area contributed by atoms with E-state index < -0.39 is 16.1 Å². The lowest BCUT2D eigenvalue weighted by Crippen LogP contribution is -2.45. The Labute approximate surface area is 204 Å². The van der Waals surface area contributed by atoms with Crippen molar-refractivity contribution in [2.24, 2.45) is 0 Å². The van der Waals surface area contributed by atoms with Gasteiger partial charge in [-0.3, -0.25) is 13.9 Å². The number of hydrogen-bond donors (Lipinski definition) is 0. The molecular weight excluding hydrogens is 464 g/mol. The van der Waals surface area contributed by atoms with E-state index in [1.54, 1.807) is 12.1 Å². The number of carbonyl (C=O) groups is 1. The van der Waals surface area contributed by atoms with Crippen LogP contribution in [0.4, 0.5) is 4.79 Å². The van der Waals surface area contributed by atoms with Gasteiger partial charge in [-0.25, -0.2) is 13.4 Å². The molecule has 0 aliphatic heterocycles. The van der Waals surface area contributed by atoms with Gasteiger partial charge in [0.2, 0.25) is 0 Å². The average Bonchev–Trinajstić information content (AvgIpc) is 3.18. The van der Waals surface area contributed by atoms with Gasteiger partial charge in [-0.05, 0) is 63.1 Å². The van der Waals surface area contributed by atoms with Gasteiger partial charge in [-0.1, -0.05) is 36.8 Å². The Kier molecular flexibility index (Phi) is 6.62. The normalized spacial score (nSPS) is 11.7. The van der Waals surface area contributed by atoms with E-state index in [0.717, 1.165) is 51.5 Å². The molecule has 2 aromatic heterocycles. The molecule has 0 aliphatic rings. The number of benzene rings is 2. The number of imidazole rings is 1. The molecule has 2 heterocycles. The number of pyridine rings is 1. The lowest BCUT2D eigenvalue weighted by molar-refractivity contribution is -0.259. The van der Waals surface area contributed by atoms with Gasteiger partial charge in [0, 0.05) is 24.3 Å². The third-order valence-electron chi connectivity index (χ3n) is 5.94. The molecule has 2 aromatic carbocycles. The second kappa shape index (κ2) is 9.50. The van der Waals surface area contributed by atoms with Crippen molar-refractivity contribution in [3.8, 4) is 5.69 Å². The van der Waals surface area contributed by atoms with Crippen molar-refractivity contribution in [2.45, 2.75) is 45.4 Å². The third-order valence-corrected chi connectivity index (χ3v) is 7.72. The Morgan fingerprint density at radius 1 is 1.00 bits per heavy atom. The van der Waals surface area contributed by atoms with Gasteiger partial charge < -0.3 is 9.90 Å². The van der Waals surface area contributed by atoms with Crippen LogP contribution in [0.5, 0.6) is 0 Å². The number of fused-ring (bicyclic) bond motifs is 1. The van der Waals surface area contributed by atoms with Gasteiger partial charge >= 0.3 is 0 Å². The maximum Gasteiger partial charge on any atom is 0.265 e. The predicted octanol–water partition coefficient (Wildman–Crippen LogP) is 3.48. The van der Waals surface area contributed by atoms with Crippen LogP contribution in [0.2, 0.25) is 0 Å². The molecule has 35 heavy (non-hydrogen) atoms. The number of carbonyl (C=O) groups excluding carboxylic acids is 1. The summed E-state index contributed by atoms with van der Waals surface area (Å²) in [4.78, 5) is 20.9. The summed E-state index contributed by atoms with van der Waals surface area (Å²) < 4.78 is 28.2. The third kappa shape index (κ3) is 4.77. The topological polar surface area (TPSA) is 108 Å². The quantitative estimate of drug-likeness (QED) is 0.392. The minimum atomic E-state index is -4.22. The molecule has 4 rings (SSSR count). The van der Waals surface area contributed by atoms with Gasteiger partial charge in [0.1, 0.15) is 11.3 Å². The summed E-state index contributed by atoms with van der Waals surface area (Å²) in [5.74, 6) is 0.913. The van der Waals surface area contributed by atoms with Gasteiger partial charge in [-0.15, -0.1) is 0 Å². The van der Waals surface area contributed by atoms with Crippen molar-refractivity contribution in [3.05, 3.63) is 82.9 Å². The average molecular weight is 492 g/mol. The van der Waals surface area contributed by atoms with E-state index in [0.29, 0.717) is 4.31 Å². The standard InChI is InChI=1S/C26H28N4O4S/c1-5-24-28-25-19(4)27-18(3)16-23(25)30(24)21-10-8-20(9-11-21)14-15-29(26(31)32)35(33,34)22-12-6-17(2)7-13-22/h6-13,16H,5,14-15H2,1-4H3,(H,31,32)/p-1. The van der Waals surface area contributed by atoms with E-state index in [-0.39, 0.29) is 17.9 Å². The molecule has 0 saturated heterocycles. The Morgan fingerprint density at radius 2 is 1.66 bits per heavy atom. The molecule has 0 saturated carbocycles. The number of rotatable bonds is 7. The fourth-order valence-corrected chi connectivity index (χ4v) is 5.41. The molecule has 8 nitrogen and oxygen atoms in total. The van der Waals surface area contributed by atoms with Crippen molar-refractivity contribution < 1.29 is 18.3 Å². The van der Waals surface area contributed by atoms with Crippen LogP contribution < -0.4 is 5.11 Å². The van der Waals surface area contributed by atoms with Crippen LogP contribution in [0.25, 0.3) is 16.7 Å². The Bertz CT molecular complexity index is 1490. The summed E-state index contributed by atoms with van der Waals surface area (Å²) in [6.07, 6.45) is -0.793. The van der Waals surface area contributed by atoms with Crippen LogP contribution in [0.1, 0.15) is 35.3 Å². The molecule has 0 aliphatic carbocycles. The molecule has 1 amide bonds. The maximum atomic E-state index is 12.9. The highest BCUT2D eigenvalue weighted by Gasteiger charge is 2.24. The Morgan fingerprint density at radius 3 is 2.26 bits per heavy atom. The summed E-state index contributed by atoms with van der Waals surface area (Å²) in [5, 5.41) is 11.7. The predicted molar refractivity (Wildman–Crippen MR) is 132 cm³/mol. The van der Waals surface area contributed by atoms with Crippen LogP contribution in [-0.4, -0.2) is 39.9 Å². The summed E-state index contributed by atoms with van der Waals surface area (Å²) >= 11 is 0. The molecule has 4 aromatic rings. The van der Waals surface area contributed by atoms with Gasteiger partial charge in [0.15, 0.2) is 6.09 Å². The summed E-state index contributed by atoms with van der Waals surface area (Å²) in [6.45, 7) is 7.53. The van der Waals surface area contributed by atoms with Crippen LogP contribution >= 0.6 is 0 Å². The SMILES string of the molecule is CCc1nc2c(C)nc(C)cc2n1-c1ccc(CCN(C(=O)[O-])S(=O)(=O)c2ccc(C)cc2)cc1. The van der Waals surface area contributed by atoms with E-state index in [4.69, 9.17) is 4.98 Å². The smallest absolute Gasteiger partial charge is 0.265 e. The zero-order chi connectivity index (χ0) is 25.3. The Hall–Kier alpha value is -3.72. The molecule has 9 heteroatoms. The van der Waals surface area contributed by atoms with Crippen LogP contribution in [0.3, 0.4) is 0 Å². The molecule has 0 unspecified atom stereocenters. The fourth-order valence-electron chi connectivity index (χ4n) is 4.14. The van der Waals surface area contributed by atoms with E-state index >= 15 is 0 Å². The first-order valence-corrected chi connectivity index (χ1v) is 12.8. The monoisotopic (exact) mass is 491 g/mol. The van der Waals surface area contributed by atoms with Crippen LogP contribution in [-0.2, 0) is 22.9 Å². The molecule has 0 bridgehead atoms. The van der Waals surface area contributed by atoms with E-state index in [2.05, 4.69) is 9.55 Å². The number of amides is 1. The largest absolute Gasteiger partial charge is 0.529 e. The number of carboxylic acid groups (broad SMARTS) is 1. The van der Waals surface area contributed by atoms with Gasteiger partial charge in [-0.2, -0.15) is 0 Å². The number of sulfonamides is 1. The number of aryl methyl sites for hydroxylation is 4. The highest BCUT2D eigenvalue weighted by atomic mass is 32.2. The number of nitrogens with zero attached hydrogens (tertiary/aromatic N) is 4. The lowest BCUT2D eigenvalue weighted by atomic mass is 10.1. The van der Waals surface area contributed by atoms with E-state index in [1.807, 2.05) is 58.0 Å². The highest BCUT2D eigenvalue weighted by molar-refractivity contribution is 7.89. The van der Waals surface area contributed by atoms with Crippen molar-refractivity contribution in [2.75, 3.05) is 6.54 Å². The Balaban J connectivity index is 1.59. The maximum absolute atomic E-state index is 12.9. The van der Waals surface area contributed by atoms with Crippen LogP contribution in [0.15, 0.2) is 59.5 Å². The zero-order valence-corrected chi connectivity index (χ0v) is 21.0. The van der Waals surface area contributed by atoms with Crippen molar-refractivity contribution in [1.82, 2.24) is 18.8 Å². The zero-order valence-electron chi connectivity index (χ0n) is 20.1. The first kappa shape index (κ1) is 24.4. The number of hydrogen-bond acceptors (Lipinski definition) is 6. The van der Waals surface area contributed by atoms with Crippen LogP contribution in [0, 0.1) is 20.8 Å². The van der Waals surface area contributed by atoms with Crippen molar-refractivity contribution >= 4 is 27.1 Å². The molecule has 0 fully saturated rings. The molecule has 0 radical (unpaired) electrons. The minimum Gasteiger partial charge on any atom is -0.529 e. The second-order valence-electron chi connectivity index (χ2n) is 8.51. The first-order valence-electron chi connectivity index (χ1n) is 11.4. The molecule has 182 valence electrons. The van der Waals surface area contributed by atoms with E-state index in [9.17, 15) is 18.3 Å². The fraction of sp³-hybridized carbons (Fsp3) is 0.269. The highest BCUT2D eigenvalue weighted by Crippen LogP contribution is 2.25. The molecule has 0 spiro atoms. The summed E-state index contributed by atoms with van der Waals surface area (Å²) in [5.41, 5.74) is 6.23. The second-order valence-corrected chi connectivity index (χ2v) is 10.4. The molecule has 0 N–H and O–H groups in total. The first-order chi connectivity index (χ1) is 16.6. The summed E-state index contributed by atoms with van der Waals surface area (Å²) in [6, 6.07) is 15.7.